The molecule has 0 heterocycles. The van der Waals surface area contributed by atoms with E-state index in [4.69, 9.17) is 17.5 Å². The van der Waals surface area contributed by atoms with E-state index in [1.807, 2.05) is 0 Å². The second-order valence-corrected chi connectivity index (χ2v) is 1.34. The van der Waals surface area contributed by atoms with E-state index in [-0.39, 0.29) is 56.6 Å². The maximum atomic E-state index is 8.74. The Labute approximate surface area is 83.9 Å². The van der Waals surface area contributed by atoms with Gasteiger partial charge in [-0.2, -0.15) is 8.42 Å². The van der Waals surface area contributed by atoms with Gasteiger partial charge in [-0.1, -0.05) is 0 Å². The van der Waals surface area contributed by atoms with E-state index in [1.165, 1.54) is 0 Å². The van der Waals surface area contributed by atoms with E-state index in [2.05, 4.69) is 0 Å². The van der Waals surface area contributed by atoms with Crippen LogP contribution in [0.15, 0.2) is 0 Å². The van der Waals surface area contributed by atoms with E-state index < -0.39 is 10.4 Å². The van der Waals surface area contributed by atoms with Crippen LogP contribution >= 0.6 is 0 Å². The predicted molar refractivity (Wildman–Crippen MR) is 22.7 cm³/mol. The third-order valence-corrected chi connectivity index (χ3v) is 0. The van der Waals surface area contributed by atoms with Crippen molar-refractivity contribution in [2.24, 2.45) is 0 Å². The SMILES string of the molecule is O=S(=O)(O)O.[MgH2].[Mn].[Ni]. The zero-order valence-corrected chi connectivity index (χ0v) is 5.80. The van der Waals surface area contributed by atoms with Crippen molar-refractivity contribution in [2.75, 3.05) is 0 Å². The summed E-state index contributed by atoms with van der Waals surface area (Å²) in [6.45, 7) is 0. The summed E-state index contributed by atoms with van der Waals surface area (Å²) in [5, 5.41) is 0. The average molecular weight is 238 g/mol. The van der Waals surface area contributed by atoms with E-state index in [0.29, 0.717) is 0 Å². The van der Waals surface area contributed by atoms with Crippen molar-refractivity contribution in [3.8, 4) is 0 Å². The zero-order valence-electron chi connectivity index (χ0n) is 2.81. The van der Waals surface area contributed by atoms with E-state index in [1.54, 1.807) is 0 Å². The molecule has 1 radical (unpaired) electrons. The fourth-order valence-corrected chi connectivity index (χ4v) is 0. The minimum absolute atomic E-state index is 0. The van der Waals surface area contributed by atoms with Crippen LogP contribution in [0, 0.1) is 0 Å². The molecule has 0 aliphatic carbocycles. The second-order valence-electron chi connectivity index (χ2n) is 0.448. The van der Waals surface area contributed by atoms with Gasteiger partial charge in [0.15, 0.2) is 0 Å². The Morgan fingerprint density at radius 1 is 1.12 bits per heavy atom. The van der Waals surface area contributed by atoms with Crippen LogP contribution in [0.3, 0.4) is 0 Å². The maximum Gasteiger partial charge on any atom is 0.394 e. The van der Waals surface area contributed by atoms with Crippen LogP contribution in [0.25, 0.3) is 0 Å². The van der Waals surface area contributed by atoms with Gasteiger partial charge < -0.3 is 0 Å². The summed E-state index contributed by atoms with van der Waals surface area (Å²) in [6.07, 6.45) is 0. The van der Waals surface area contributed by atoms with Crippen molar-refractivity contribution >= 4 is 33.5 Å². The number of hydrogen-bond acceptors (Lipinski definition) is 2. The van der Waals surface area contributed by atoms with Crippen LogP contribution in [0.1, 0.15) is 0 Å². The van der Waals surface area contributed by atoms with Crippen molar-refractivity contribution in [1.82, 2.24) is 0 Å². The molecule has 0 aromatic carbocycles. The monoisotopic (exact) mass is 237 g/mol. The third kappa shape index (κ3) is 124. The zero-order chi connectivity index (χ0) is 4.50. The molecule has 0 fully saturated rings. The van der Waals surface area contributed by atoms with Crippen LogP contribution in [0.5, 0.6) is 0 Å². The molecule has 0 aromatic heterocycles. The normalized spacial score (nSPS) is 7.25. The average Bonchev–Trinajstić information content (AvgIpc) is 0.722. The van der Waals surface area contributed by atoms with Gasteiger partial charge in [0.2, 0.25) is 0 Å². The Bertz CT molecular complexity index is 99.2. The van der Waals surface area contributed by atoms with E-state index >= 15 is 0 Å². The molecule has 0 bridgehead atoms. The van der Waals surface area contributed by atoms with Gasteiger partial charge in [0, 0.05) is 33.6 Å². The summed E-state index contributed by atoms with van der Waals surface area (Å²) in [4.78, 5) is 0. The molecular weight excluding hydrogens is 234 g/mol. The van der Waals surface area contributed by atoms with Gasteiger partial charge in [0.25, 0.3) is 0 Å². The predicted octanol–water partition coefficient (Wildman–Crippen LogP) is -1.57. The van der Waals surface area contributed by atoms with Crippen molar-refractivity contribution < 1.29 is 51.1 Å². The van der Waals surface area contributed by atoms with E-state index in [0.717, 1.165) is 0 Å². The summed E-state index contributed by atoms with van der Waals surface area (Å²) in [6, 6.07) is 0. The molecule has 4 nitrogen and oxygen atoms in total. The van der Waals surface area contributed by atoms with Crippen LogP contribution in [-0.4, -0.2) is 40.6 Å². The molecule has 2 N–H and O–H groups in total. The number of rotatable bonds is 0. The molecule has 0 spiro atoms. The Morgan fingerprint density at radius 2 is 1.12 bits per heavy atom. The topological polar surface area (TPSA) is 74.6 Å². The Hall–Kier alpha value is 1.65. The fraction of sp³-hybridized carbons (Fsp3) is 0. The maximum absolute atomic E-state index is 8.74. The molecule has 0 aliphatic heterocycles. The van der Waals surface area contributed by atoms with Gasteiger partial charge in [0.1, 0.15) is 0 Å². The van der Waals surface area contributed by atoms with Gasteiger partial charge in [-0.05, 0) is 0 Å². The molecular formula is H4MgMnNiO4S. The smallest absolute Gasteiger partial charge is 0.264 e. The second kappa shape index (κ2) is 8.65. The van der Waals surface area contributed by atoms with Crippen molar-refractivity contribution in [3.05, 3.63) is 0 Å². The van der Waals surface area contributed by atoms with Crippen LogP contribution < -0.4 is 0 Å². The van der Waals surface area contributed by atoms with Crippen LogP contribution in [0.4, 0.5) is 0 Å². The Balaban J connectivity index is -0.0000000267. The van der Waals surface area contributed by atoms with Gasteiger partial charge in [-0.25, -0.2) is 0 Å². The summed E-state index contributed by atoms with van der Waals surface area (Å²) in [5.41, 5.74) is 0. The standard InChI is InChI=1S/Mg.Mn.Ni.H2O4S.2H/c;;;1-5(2,3)4;;/h;;;(H2,1,2,3,4);;. The van der Waals surface area contributed by atoms with Gasteiger partial charge in [-0.3, -0.25) is 9.11 Å². The van der Waals surface area contributed by atoms with Gasteiger partial charge >= 0.3 is 33.5 Å². The first-order valence-corrected chi connectivity index (χ1v) is 2.10. The minimum atomic E-state index is -4.67. The summed E-state index contributed by atoms with van der Waals surface area (Å²) >= 11 is 0. The molecule has 8 heavy (non-hydrogen) atoms. The molecule has 8 heteroatoms. The molecule has 0 saturated heterocycles. The molecule has 0 aromatic rings. The summed E-state index contributed by atoms with van der Waals surface area (Å²) < 4.78 is 31.6. The van der Waals surface area contributed by atoms with Crippen molar-refractivity contribution in [1.29, 1.82) is 0 Å². The molecule has 0 rings (SSSR count). The molecule has 53 valence electrons. The molecule has 0 amide bonds. The number of hydrogen-bond donors (Lipinski definition) is 2. The van der Waals surface area contributed by atoms with Crippen LogP contribution in [0.2, 0.25) is 0 Å². The van der Waals surface area contributed by atoms with E-state index in [9.17, 15) is 0 Å². The van der Waals surface area contributed by atoms with Crippen molar-refractivity contribution in [3.63, 3.8) is 0 Å². The molecule has 0 unspecified atom stereocenters. The first-order valence-electron chi connectivity index (χ1n) is 0.698. The first kappa shape index (κ1) is 22.6. The molecule has 0 saturated carbocycles. The third-order valence-electron chi connectivity index (χ3n) is 0. The summed E-state index contributed by atoms with van der Waals surface area (Å²) in [7, 11) is -4.67. The van der Waals surface area contributed by atoms with Gasteiger partial charge in [0.05, 0.1) is 0 Å². The van der Waals surface area contributed by atoms with Crippen LogP contribution in [-0.2, 0) is 44.0 Å². The molecule has 0 atom stereocenters. The quantitative estimate of drug-likeness (QED) is 0.395. The summed E-state index contributed by atoms with van der Waals surface area (Å²) in [5.74, 6) is 0. The first-order chi connectivity index (χ1) is 2.00. The minimum Gasteiger partial charge on any atom is -0.264 e. The Morgan fingerprint density at radius 3 is 1.12 bits per heavy atom. The fourth-order valence-electron chi connectivity index (χ4n) is 0. The van der Waals surface area contributed by atoms with Gasteiger partial charge in [-0.15, -0.1) is 0 Å². The Kier molecular flexibility index (Phi) is 24.5. The van der Waals surface area contributed by atoms with Crippen molar-refractivity contribution in [2.45, 2.75) is 0 Å². The molecule has 0 aliphatic rings. The largest absolute Gasteiger partial charge is 0.394 e.